The van der Waals surface area contributed by atoms with E-state index in [4.69, 9.17) is 5.73 Å². The van der Waals surface area contributed by atoms with Gasteiger partial charge in [0.05, 0.1) is 0 Å². The lowest BCUT2D eigenvalue weighted by molar-refractivity contribution is -0.263. The highest BCUT2D eigenvalue weighted by atomic mass is 19.4. The van der Waals surface area contributed by atoms with Crippen molar-refractivity contribution in [3.63, 3.8) is 0 Å². The first-order valence-electron chi connectivity index (χ1n) is 5.53. The smallest absolute Gasteiger partial charge is 0.381 e. The quantitative estimate of drug-likeness (QED) is 0.840. The summed E-state index contributed by atoms with van der Waals surface area (Å²) in [6.45, 7) is 0.317. The van der Waals surface area contributed by atoms with E-state index >= 15 is 0 Å². The van der Waals surface area contributed by atoms with E-state index in [-0.39, 0.29) is 0 Å². The van der Waals surface area contributed by atoms with Crippen molar-refractivity contribution >= 4 is 0 Å². The van der Waals surface area contributed by atoms with E-state index in [1.165, 1.54) is 12.1 Å². The zero-order valence-corrected chi connectivity index (χ0v) is 10.4. The molecule has 1 rings (SSSR count). The first-order valence-corrected chi connectivity index (χ1v) is 5.53. The summed E-state index contributed by atoms with van der Waals surface area (Å²) in [6.07, 6.45) is -10.2. The minimum Gasteiger partial charge on any atom is -0.381 e. The topological polar surface area (TPSA) is 46.2 Å². The number of rotatable bonds is 4. The Balaban J connectivity index is 3.29. The Morgan fingerprint density at radius 1 is 1.20 bits per heavy atom. The lowest BCUT2D eigenvalue weighted by Gasteiger charge is -2.37. The first-order chi connectivity index (χ1) is 8.92. The second-order valence-electron chi connectivity index (χ2n) is 4.77. The highest BCUT2D eigenvalue weighted by Crippen LogP contribution is 2.41. The fourth-order valence-corrected chi connectivity index (χ4v) is 1.80. The molecular formula is C12H13F6NO. The Kier molecular flexibility index (Phi) is 4.40. The molecule has 0 heterocycles. The van der Waals surface area contributed by atoms with Crippen molar-refractivity contribution in [3.8, 4) is 0 Å². The number of halogens is 6. The molecule has 1 aromatic rings. The summed E-state index contributed by atoms with van der Waals surface area (Å²) in [5.41, 5.74) is -1.91. The lowest BCUT2D eigenvalue weighted by atomic mass is 9.80. The molecule has 0 radical (unpaired) electrons. The minimum atomic E-state index is -5.17. The Bertz CT molecular complexity index is 473. The molecule has 0 aliphatic rings. The third-order valence-corrected chi connectivity index (χ3v) is 3.01. The van der Waals surface area contributed by atoms with Crippen LogP contribution in [-0.4, -0.2) is 23.3 Å². The van der Waals surface area contributed by atoms with Crippen molar-refractivity contribution in [3.05, 3.63) is 35.6 Å². The molecule has 0 saturated carbocycles. The Morgan fingerprint density at radius 3 is 2.10 bits per heavy atom. The van der Waals surface area contributed by atoms with Gasteiger partial charge >= 0.3 is 6.18 Å². The normalized spacial score (nSPS) is 18.7. The monoisotopic (exact) mass is 301 g/mol. The fraction of sp³-hybridized carbons (Fsp3) is 0.500. The van der Waals surface area contributed by atoms with Crippen molar-refractivity contribution in [1.29, 1.82) is 0 Å². The largest absolute Gasteiger partial charge is 0.416 e. The molecule has 0 aliphatic heterocycles. The van der Waals surface area contributed by atoms with Gasteiger partial charge in [-0.05, 0) is 13.0 Å². The molecule has 2 nitrogen and oxygen atoms in total. The van der Waals surface area contributed by atoms with Gasteiger partial charge in [0, 0.05) is 12.0 Å². The molecular weight excluding hydrogens is 288 g/mol. The van der Waals surface area contributed by atoms with E-state index in [1.54, 1.807) is 0 Å². The number of hydrogen-bond donors (Lipinski definition) is 2. The van der Waals surface area contributed by atoms with Crippen LogP contribution >= 0.6 is 0 Å². The summed E-state index contributed by atoms with van der Waals surface area (Å²) < 4.78 is 77.5. The number of benzene rings is 1. The third kappa shape index (κ3) is 3.06. The van der Waals surface area contributed by atoms with Crippen LogP contribution in [0.15, 0.2) is 24.3 Å². The molecule has 0 amide bonds. The molecule has 0 aliphatic carbocycles. The molecule has 8 heteroatoms. The van der Waals surface area contributed by atoms with Crippen LogP contribution < -0.4 is 5.73 Å². The highest BCUT2D eigenvalue weighted by molar-refractivity contribution is 5.27. The van der Waals surface area contributed by atoms with E-state index in [9.17, 15) is 31.4 Å². The van der Waals surface area contributed by atoms with Crippen LogP contribution in [0.5, 0.6) is 0 Å². The molecule has 0 saturated heterocycles. The van der Waals surface area contributed by atoms with Gasteiger partial charge in [0.15, 0.2) is 5.60 Å². The molecule has 1 aromatic carbocycles. The van der Waals surface area contributed by atoms with Crippen LogP contribution in [0.2, 0.25) is 0 Å². The summed E-state index contributed by atoms with van der Waals surface area (Å²) in [7, 11) is 0. The van der Waals surface area contributed by atoms with Crippen molar-refractivity contribution in [2.75, 3.05) is 0 Å². The van der Waals surface area contributed by atoms with Gasteiger partial charge in [-0.2, -0.15) is 13.2 Å². The number of aliphatic hydroxyl groups is 1. The summed E-state index contributed by atoms with van der Waals surface area (Å²) in [5.74, 6) is -1.16. The molecule has 2 unspecified atom stereocenters. The van der Waals surface area contributed by atoms with Gasteiger partial charge in [-0.3, -0.25) is 0 Å². The summed E-state index contributed by atoms with van der Waals surface area (Å²) in [5, 5.41) is 9.33. The molecule has 20 heavy (non-hydrogen) atoms. The zero-order chi connectivity index (χ0) is 15.8. The number of nitrogens with two attached hydrogens (primary N) is 1. The van der Waals surface area contributed by atoms with Gasteiger partial charge in [-0.15, -0.1) is 0 Å². The molecule has 114 valence electrons. The molecule has 0 spiro atoms. The van der Waals surface area contributed by atoms with E-state index in [0.717, 1.165) is 12.1 Å². The average Bonchev–Trinajstić information content (AvgIpc) is 2.26. The lowest BCUT2D eigenvalue weighted by Crippen LogP contribution is -2.55. The van der Waals surface area contributed by atoms with E-state index in [0.29, 0.717) is 6.92 Å². The van der Waals surface area contributed by atoms with Crippen LogP contribution in [0, 0.1) is 5.82 Å². The fourth-order valence-electron chi connectivity index (χ4n) is 1.80. The molecule has 0 bridgehead atoms. The Morgan fingerprint density at radius 2 is 1.70 bits per heavy atom. The van der Waals surface area contributed by atoms with Crippen LogP contribution in [-0.2, 0) is 5.54 Å². The maximum atomic E-state index is 13.5. The molecule has 0 fully saturated rings. The summed E-state index contributed by atoms with van der Waals surface area (Å²) >= 11 is 0. The molecule has 0 aromatic heterocycles. The van der Waals surface area contributed by atoms with Gasteiger partial charge in [0.2, 0.25) is 0 Å². The maximum absolute atomic E-state index is 13.5. The molecule has 3 N–H and O–H groups in total. The second-order valence-corrected chi connectivity index (χ2v) is 4.77. The number of alkyl halides is 5. The minimum absolute atomic E-state index is 0.317. The van der Waals surface area contributed by atoms with Gasteiger partial charge in [0.1, 0.15) is 11.4 Å². The van der Waals surface area contributed by atoms with E-state index in [1.807, 2.05) is 0 Å². The first kappa shape index (κ1) is 16.8. The third-order valence-electron chi connectivity index (χ3n) is 3.01. The summed E-state index contributed by atoms with van der Waals surface area (Å²) in [4.78, 5) is 0. The van der Waals surface area contributed by atoms with Crippen LogP contribution in [0.3, 0.4) is 0 Å². The standard InChI is InChI=1S/C12H13F6NO/c1-10(20,12(16,17)18)6-11(19,9(14)15)7-4-2-3-5-8(7)13/h2-5,9,20H,6,19H2,1H3. The highest BCUT2D eigenvalue weighted by Gasteiger charge is 2.56. The van der Waals surface area contributed by atoms with E-state index in [2.05, 4.69) is 0 Å². The number of hydrogen-bond acceptors (Lipinski definition) is 2. The zero-order valence-electron chi connectivity index (χ0n) is 10.4. The maximum Gasteiger partial charge on any atom is 0.416 e. The van der Waals surface area contributed by atoms with Gasteiger partial charge in [-0.1, -0.05) is 18.2 Å². The molecule has 2 atom stereocenters. The predicted molar refractivity (Wildman–Crippen MR) is 59.6 cm³/mol. The van der Waals surface area contributed by atoms with Crippen molar-refractivity contribution in [2.45, 2.75) is 37.1 Å². The SMILES string of the molecule is CC(O)(CC(N)(c1ccccc1F)C(F)F)C(F)(F)F. The Labute approximate surface area is 111 Å². The van der Waals surface area contributed by atoms with Crippen molar-refractivity contribution < 1.29 is 31.4 Å². The Hall–Kier alpha value is -1.28. The van der Waals surface area contributed by atoms with Crippen molar-refractivity contribution in [1.82, 2.24) is 0 Å². The van der Waals surface area contributed by atoms with Crippen molar-refractivity contribution in [2.24, 2.45) is 5.73 Å². The van der Waals surface area contributed by atoms with Gasteiger partial charge in [0.25, 0.3) is 6.43 Å². The van der Waals surface area contributed by atoms with Gasteiger partial charge < -0.3 is 10.8 Å². The predicted octanol–water partition coefficient (Wildman–Crippen LogP) is 2.95. The second kappa shape index (κ2) is 5.25. The summed E-state index contributed by atoms with van der Waals surface area (Å²) in [6, 6.07) is 4.03. The van der Waals surface area contributed by atoms with Gasteiger partial charge in [-0.25, -0.2) is 13.2 Å². The van der Waals surface area contributed by atoms with E-state index < -0.39 is 41.5 Å². The average molecular weight is 301 g/mol. The van der Waals surface area contributed by atoms with Crippen LogP contribution in [0.4, 0.5) is 26.3 Å². The van der Waals surface area contributed by atoms with Crippen LogP contribution in [0.1, 0.15) is 18.9 Å². The van der Waals surface area contributed by atoms with Crippen LogP contribution in [0.25, 0.3) is 0 Å².